The molecular formula is C14H27ClN2. The molecule has 0 spiro atoms. The highest BCUT2D eigenvalue weighted by molar-refractivity contribution is 5.85. The molecule has 0 saturated carbocycles. The Morgan fingerprint density at radius 3 is 2.35 bits per heavy atom. The molecule has 0 unspecified atom stereocenters. The second kappa shape index (κ2) is 13.3. The third-order valence-corrected chi connectivity index (χ3v) is 2.40. The van der Waals surface area contributed by atoms with E-state index in [1.54, 1.807) is 0 Å². The third kappa shape index (κ3) is 11.5. The Hall–Kier alpha value is -0.760. The molecule has 0 saturated heterocycles. The van der Waals surface area contributed by atoms with Gasteiger partial charge in [0.2, 0.25) is 0 Å². The van der Waals surface area contributed by atoms with E-state index in [2.05, 4.69) is 55.9 Å². The lowest BCUT2D eigenvalue weighted by Crippen LogP contribution is -2.14. The molecular weight excluding hydrogens is 232 g/mol. The molecule has 0 radical (unpaired) electrons. The van der Waals surface area contributed by atoms with Crippen LogP contribution in [0.15, 0.2) is 28.9 Å². The molecule has 0 atom stereocenters. The lowest BCUT2D eigenvalue weighted by atomic mass is 10.3. The zero-order valence-electron chi connectivity index (χ0n) is 11.6. The van der Waals surface area contributed by atoms with Gasteiger partial charge in [0.25, 0.3) is 0 Å². The number of hydrogen-bond donors (Lipinski definition) is 0. The molecule has 0 aromatic heterocycles. The Morgan fingerprint density at radius 2 is 1.82 bits per heavy atom. The number of allylic oxidation sites excluding steroid dienone is 3. The van der Waals surface area contributed by atoms with Gasteiger partial charge in [-0.2, -0.15) is 0 Å². The van der Waals surface area contributed by atoms with Gasteiger partial charge in [0.15, 0.2) is 0 Å². The fourth-order valence-corrected chi connectivity index (χ4v) is 1.25. The second-order valence-corrected chi connectivity index (χ2v) is 3.86. The first-order chi connectivity index (χ1) is 7.74. The Labute approximate surface area is 113 Å². The molecule has 2 nitrogen and oxygen atoms in total. The van der Waals surface area contributed by atoms with E-state index in [1.165, 1.54) is 18.4 Å². The van der Waals surface area contributed by atoms with Crippen LogP contribution in [-0.2, 0) is 0 Å². The van der Waals surface area contributed by atoms with Crippen molar-refractivity contribution in [1.29, 1.82) is 0 Å². The molecule has 100 valence electrons. The summed E-state index contributed by atoms with van der Waals surface area (Å²) in [6.07, 6.45) is 10.7. The smallest absolute Gasteiger partial charge is 0.0389 e. The van der Waals surface area contributed by atoms with E-state index in [4.69, 9.17) is 0 Å². The number of aliphatic imine (C=N–C) groups is 1. The summed E-state index contributed by atoms with van der Waals surface area (Å²) in [7, 11) is 0. The van der Waals surface area contributed by atoms with Gasteiger partial charge in [0.1, 0.15) is 0 Å². The molecule has 17 heavy (non-hydrogen) atoms. The topological polar surface area (TPSA) is 15.6 Å². The molecule has 0 aliphatic carbocycles. The fraction of sp³-hybridized carbons (Fsp3) is 0.643. The van der Waals surface area contributed by atoms with E-state index in [-0.39, 0.29) is 12.4 Å². The Balaban J connectivity index is 0. The Morgan fingerprint density at radius 1 is 1.18 bits per heavy atom. The summed E-state index contributed by atoms with van der Waals surface area (Å²) in [5, 5.41) is 0. The van der Waals surface area contributed by atoms with Crippen molar-refractivity contribution < 1.29 is 0 Å². The van der Waals surface area contributed by atoms with Gasteiger partial charge in [-0.3, -0.25) is 4.99 Å². The third-order valence-electron chi connectivity index (χ3n) is 2.40. The number of rotatable bonds is 8. The average molecular weight is 259 g/mol. The molecule has 0 heterocycles. The van der Waals surface area contributed by atoms with Crippen molar-refractivity contribution in [2.24, 2.45) is 4.99 Å². The maximum absolute atomic E-state index is 4.36. The van der Waals surface area contributed by atoms with Gasteiger partial charge in [-0.1, -0.05) is 19.4 Å². The van der Waals surface area contributed by atoms with Crippen LogP contribution >= 0.6 is 12.4 Å². The Bertz CT molecular complexity index is 241. The predicted molar refractivity (Wildman–Crippen MR) is 81.3 cm³/mol. The normalized spacial score (nSPS) is 12.1. The number of unbranched alkanes of at least 4 members (excludes halogenated alkanes) is 1. The first kappa shape index (κ1) is 18.6. The van der Waals surface area contributed by atoms with Crippen LogP contribution in [0, 0.1) is 0 Å². The first-order valence-corrected chi connectivity index (χ1v) is 6.33. The maximum atomic E-state index is 4.36. The Kier molecular flexibility index (Phi) is 14.6. The van der Waals surface area contributed by atoms with E-state index in [0.29, 0.717) is 0 Å². The first-order valence-electron chi connectivity index (χ1n) is 6.33. The molecule has 0 rings (SSSR count). The van der Waals surface area contributed by atoms with Crippen LogP contribution in [0.1, 0.15) is 40.5 Å². The standard InChI is InChI=1S/C14H26N2.ClH/c1-5-8-11-15-13-14(4)10-9-12-16(6-2)7-3;/h9-10,12-13H,5-8,11H2,1-4H3;1H/b12-9+,14-10+,15-13?;. The van der Waals surface area contributed by atoms with Gasteiger partial charge in [0.05, 0.1) is 0 Å². The van der Waals surface area contributed by atoms with E-state index in [0.717, 1.165) is 19.6 Å². The second-order valence-electron chi connectivity index (χ2n) is 3.86. The molecule has 0 bridgehead atoms. The van der Waals surface area contributed by atoms with E-state index in [9.17, 15) is 0 Å². The van der Waals surface area contributed by atoms with E-state index >= 15 is 0 Å². The zero-order valence-corrected chi connectivity index (χ0v) is 12.5. The van der Waals surface area contributed by atoms with Crippen LogP contribution in [-0.4, -0.2) is 30.7 Å². The van der Waals surface area contributed by atoms with E-state index in [1.807, 2.05) is 6.21 Å². The lowest BCUT2D eigenvalue weighted by Gasteiger charge is -2.13. The summed E-state index contributed by atoms with van der Waals surface area (Å²) in [6, 6.07) is 0. The predicted octanol–water partition coefficient (Wildman–Crippen LogP) is 4.08. The minimum atomic E-state index is 0. The molecule has 3 heteroatoms. The molecule has 0 aliphatic heterocycles. The summed E-state index contributed by atoms with van der Waals surface area (Å²) in [5.74, 6) is 0. The summed E-state index contributed by atoms with van der Waals surface area (Å²) in [6.45, 7) is 11.7. The quantitative estimate of drug-likeness (QED) is 0.364. The van der Waals surface area contributed by atoms with Crippen LogP contribution in [0.25, 0.3) is 0 Å². The van der Waals surface area contributed by atoms with Crippen molar-refractivity contribution in [3.8, 4) is 0 Å². The maximum Gasteiger partial charge on any atom is 0.0389 e. The lowest BCUT2D eigenvalue weighted by molar-refractivity contribution is 0.419. The molecule has 0 amide bonds. The summed E-state index contributed by atoms with van der Waals surface area (Å²) >= 11 is 0. The minimum Gasteiger partial charge on any atom is -0.378 e. The van der Waals surface area contributed by atoms with Gasteiger partial charge < -0.3 is 4.90 Å². The van der Waals surface area contributed by atoms with Gasteiger partial charge in [-0.05, 0) is 45.0 Å². The average Bonchev–Trinajstić information content (AvgIpc) is 2.30. The van der Waals surface area contributed by atoms with Crippen molar-refractivity contribution in [2.45, 2.75) is 40.5 Å². The van der Waals surface area contributed by atoms with Crippen molar-refractivity contribution in [2.75, 3.05) is 19.6 Å². The van der Waals surface area contributed by atoms with E-state index < -0.39 is 0 Å². The monoisotopic (exact) mass is 258 g/mol. The number of halogens is 1. The highest BCUT2D eigenvalue weighted by Gasteiger charge is 1.87. The molecule has 0 aromatic carbocycles. The number of nitrogens with zero attached hydrogens (tertiary/aromatic N) is 2. The highest BCUT2D eigenvalue weighted by atomic mass is 35.5. The van der Waals surface area contributed by atoms with Gasteiger partial charge >= 0.3 is 0 Å². The van der Waals surface area contributed by atoms with Crippen LogP contribution in [0.4, 0.5) is 0 Å². The summed E-state index contributed by atoms with van der Waals surface area (Å²) in [4.78, 5) is 6.62. The zero-order chi connectivity index (χ0) is 12.2. The fourth-order valence-electron chi connectivity index (χ4n) is 1.25. The summed E-state index contributed by atoms with van der Waals surface area (Å²) in [5.41, 5.74) is 1.21. The minimum absolute atomic E-state index is 0. The van der Waals surface area contributed by atoms with Crippen molar-refractivity contribution in [3.63, 3.8) is 0 Å². The highest BCUT2D eigenvalue weighted by Crippen LogP contribution is 1.94. The van der Waals surface area contributed by atoms with Gasteiger partial charge in [-0.25, -0.2) is 0 Å². The van der Waals surface area contributed by atoms with Crippen LogP contribution in [0.2, 0.25) is 0 Å². The molecule has 0 aliphatic rings. The van der Waals surface area contributed by atoms with Crippen molar-refractivity contribution in [3.05, 3.63) is 23.9 Å². The van der Waals surface area contributed by atoms with Crippen molar-refractivity contribution in [1.82, 2.24) is 4.90 Å². The number of hydrogen-bond acceptors (Lipinski definition) is 2. The molecule has 0 N–H and O–H groups in total. The molecule has 0 aromatic rings. The van der Waals surface area contributed by atoms with Crippen LogP contribution in [0.5, 0.6) is 0 Å². The van der Waals surface area contributed by atoms with Crippen molar-refractivity contribution >= 4 is 18.6 Å². The SMILES string of the molecule is CCCCN=C/C(C)=C/C=C/N(CC)CC.Cl. The van der Waals surface area contributed by atoms with Gasteiger partial charge in [-0.15, -0.1) is 12.4 Å². The van der Waals surface area contributed by atoms with Crippen LogP contribution < -0.4 is 0 Å². The van der Waals surface area contributed by atoms with Gasteiger partial charge in [0, 0.05) is 25.8 Å². The largest absolute Gasteiger partial charge is 0.378 e. The summed E-state index contributed by atoms with van der Waals surface area (Å²) < 4.78 is 0. The van der Waals surface area contributed by atoms with Crippen LogP contribution in [0.3, 0.4) is 0 Å². The molecule has 0 fully saturated rings.